The van der Waals surface area contributed by atoms with Crippen molar-refractivity contribution in [1.82, 2.24) is 5.32 Å². The average molecular weight is 555 g/mol. The number of aliphatic hydroxyl groups is 2. The van der Waals surface area contributed by atoms with E-state index in [4.69, 9.17) is 11.6 Å². The van der Waals surface area contributed by atoms with Gasteiger partial charge in [0.2, 0.25) is 0 Å². The molecule has 200 valence electrons. The van der Waals surface area contributed by atoms with Crippen LogP contribution in [-0.2, 0) is 6.18 Å². The van der Waals surface area contributed by atoms with Gasteiger partial charge in [-0.05, 0) is 67.9 Å². The van der Waals surface area contributed by atoms with Gasteiger partial charge >= 0.3 is 6.18 Å². The molecular weight excluding hydrogens is 535 g/mol. The van der Waals surface area contributed by atoms with Crippen molar-refractivity contribution in [1.29, 1.82) is 0 Å². The Morgan fingerprint density at radius 2 is 1.74 bits per heavy atom. The Bertz CT molecular complexity index is 1450. The standard InChI is InChI=1S/C26H20ClF5N2O4/c1-25(2,38)22(35)11-7-17-20(21(34-24(17)37)16-10-14(28)3-4-18(16)27)19(8-11)33-23(36)12-5-13(26(30,31)32)9-15(29)6-12/h3-10,21-22,35,38H,1-2H3,(H,33,36)(H,34,37). The van der Waals surface area contributed by atoms with E-state index in [1.54, 1.807) is 0 Å². The molecule has 2 amide bonds. The molecule has 1 heterocycles. The SMILES string of the molecule is CC(C)(O)C(O)c1cc(NC(=O)c2cc(F)cc(C(F)(F)F)c2)c2c(c1)C(=O)NC2c1cc(F)ccc1Cl. The number of halogens is 6. The summed E-state index contributed by atoms with van der Waals surface area (Å²) in [5.41, 5.74) is -3.79. The quantitative estimate of drug-likeness (QED) is 0.312. The van der Waals surface area contributed by atoms with Gasteiger partial charge < -0.3 is 20.8 Å². The van der Waals surface area contributed by atoms with Crippen molar-refractivity contribution >= 4 is 29.1 Å². The third-order valence-electron chi connectivity index (χ3n) is 6.00. The van der Waals surface area contributed by atoms with Crippen molar-refractivity contribution in [3.8, 4) is 0 Å². The average Bonchev–Trinajstić information content (AvgIpc) is 3.15. The molecule has 0 saturated carbocycles. The number of hydrogen-bond acceptors (Lipinski definition) is 4. The maximum atomic E-state index is 14.0. The first-order chi connectivity index (χ1) is 17.6. The van der Waals surface area contributed by atoms with Crippen molar-refractivity contribution in [2.75, 3.05) is 5.32 Å². The van der Waals surface area contributed by atoms with Gasteiger partial charge in [0.05, 0.1) is 17.2 Å². The van der Waals surface area contributed by atoms with Crippen LogP contribution in [0.2, 0.25) is 5.02 Å². The van der Waals surface area contributed by atoms with Gasteiger partial charge in [-0.15, -0.1) is 0 Å². The monoisotopic (exact) mass is 554 g/mol. The number of rotatable bonds is 5. The molecule has 1 aliphatic heterocycles. The first kappa shape index (κ1) is 27.5. The molecule has 6 nitrogen and oxygen atoms in total. The topological polar surface area (TPSA) is 98.7 Å². The number of nitrogens with one attached hydrogen (secondary N) is 2. The minimum atomic E-state index is -4.93. The molecule has 0 bridgehead atoms. The summed E-state index contributed by atoms with van der Waals surface area (Å²) in [5.74, 6) is -3.82. The first-order valence-corrected chi connectivity index (χ1v) is 11.5. The molecule has 2 unspecified atom stereocenters. The molecule has 2 atom stereocenters. The highest BCUT2D eigenvalue weighted by atomic mass is 35.5. The summed E-state index contributed by atoms with van der Waals surface area (Å²) in [7, 11) is 0. The molecule has 0 aromatic heterocycles. The second-order valence-corrected chi connectivity index (χ2v) is 9.75. The summed E-state index contributed by atoms with van der Waals surface area (Å²) in [6.07, 6.45) is -6.48. The molecule has 3 aromatic carbocycles. The van der Waals surface area contributed by atoms with E-state index in [0.717, 1.165) is 12.1 Å². The molecular formula is C26H20ClF5N2O4. The minimum Gasteiger partial charge on any atom is -0.387 e. The zero-order valence-electron chi connectivity index (χ0n) is 19.8. The Hall–Kier alpha value is -3.54. The minimum absolute atomic E-state index is 0.0112. The Labute approximate surface area is 218 Å². The number of hydrogen-bond donors (Lipinski definition) is 4. The van der Waals surface area contributed by atoms with Crippen LogP contribution in [-0.4, -0.2) is 27.6 Å². The second kappa shape index (κ2) is 9.64. The van der Waals surface area contributed by atoms with E-state index in [-0.39, 0.29) is 39.0 Å². The maximum absolute atomic E-state index is 14.0. The third kappa shape index (κ3) is 5.35. The zero-order chi connectivity index (χ0) is 28.2. The van der Waals surface area contributed by atoms with Crippen molar-refractivity contribution in [3.05, 3.63) is 98.6 Å². The fourth-order valence-electron chi connectivity index (χ4n) is 4.17. The Morgan fingerprint density at radius 3 is 2.37 bits per heavy atom. The van der Waals surface area contributed by atoms with E-state index < -0.39 is 58.5 Å². The van der Waals surface area contributed by atoms with E-state index in [1.807, 2.05) is 0 Å². The fourth-order valence-corrected chi connectivity index (χ4v) is 4.40. The molecule has 4 rings (SSSR count). The van der Waals surface area contributed by atoms with Gasteiger partial charge in [0, 0.05) is 33.0 Å². The predicted molar refractivity (Wildman–Crippen MR) is 128 cm³/mol. The third-order valence-corrected chi connectivity index (χ3v) is 6.34. The van der Waals surface area contributed by atoms with Crippen LogP contribution in [0.15, 0.2) is 48.5 Å². The molecule has 0 spiro atoms. The van der Waals surface area contributed by atoms with Gasteiger partial charge in [0.25, 0.3) is 11.8 Å². The molecule has 0 saturated heterocycles. The molecule has 0 radical (unpaired) electrons. The van der Waals surface area contributed by atoms with Crippen LogP contribution < -0.4 is 10.6 Å². The van der Waals surface area contributed by atoms with Gasteiger partial charge in [-0.25, -0.2) is 8.78 Å². The largest absolute Gasteiger partial charge is 0.416 e. The zero-order valence-corrected chi connectivity index (χ0v) is 20.5. The van der Waals surface area contributed by atoms with E-state index in [2.05, 4.69) is 10.6 Å². The lowest BCUT2D eigenvalue weighted by molar-refractivity contribution is -0.137. The van der Waals surface area contributed by atoms with Crippen LogP contribution in [0.5, 0.6) is 0 Å². The normalized spacial score (nSPS) is 16.2. The van der Waals surface area contributed by atoms with Crippen LogP contribution >= 0.6 is 11.6 Å². The van der Waals surface area contributed by atoms with Crippen molar-refractivity contribution in [2.24, 2.45) is 0 Å². The number of anilines is 1. The van der Waals surface area contributed by atoms with Crippen LogP contribution in [0.25, 0.3) is 0 Å². The Balaban J connectivity index is 1.88. The first-order valence-electron chi connectivity index (χ1n) is 11.1. The lowest BCUT2D eigenvalue weighted by Gasteiger charge is -2.26. The molecule has 0 fully saturated rings. The number of carbonyl (C=O) groups excluding carboxylic acids is 2. The summed E-state index contributed by atoms with van der Waals surface area (Å²) >= 11 is 6.24. The van der Waals surface area contributed by atoms with E-state index >= 15 is 0 Å². The summed E-state index contributed by atoms with van der Waals surface area (Å²) in [5, 5.41) is 26.0. The molecule has 38 heavy (non-hydrogen) atoms. The number of alkyl halides is 3. The molecule has 0 aliphatic carbocycles. The molecule has 3 aromatic rings. The van der Waals surface area contributed by atoms with Crippen molar-refractivity contribution < 1.29 is 41.8 Å². The predicted octanol–water partition coefficient (Wildman–Crippen LogP) is 5.53. The Morgan fingerprint density at radius 1 is 1.05 bits per heavy atom. The summed E-state index contributed by atoms with van der Waals surface area (Å²) in [4.78, 5) is 25.9. The van der Waals surface area contributed by atoms with Crippen LogP contribution in [0, 0.1) is 11.6 Å². The number of aliphatic hydroxyl groups excluding tert-OH is 1. The highest BCUT2D eigenvalue weighted by Crippen LogP contribution is 2.42. The van der Waals surface area contributed by atoms with Gasteiger partial charge in [0.1, 0.15) is 17.7 Å². The fraction of sp³-hybridized carbons (Fsp3) is 0.231. The van der Waals surface area contributed by atoms with Crippen molar-refractivity contribution in [2.45, 2.75) is 37.8 Å². The van der Waals surface area contributed by atoms with Crippen molar-refractivity contribution in [3.63, 3.8) is 0 Å². The molecule has 12 heteroatoms. The number of carbonyl (C=O) groups is 2. The number of amides is 2. The highest BCUT2D eigenvalue weighted by molar-refractivity contribution is 6.31. The lowest BCUT2D eigenvalue weighted by Crippen LogP contribution is -2.29. The highest BCUT2D eigenvalue weighted by Gasteiger charge is 2.37. The summed E-state index contributed by atoms with van der Waals surface area (Å²) in [6, 6.07) is 6.09. The van der Waals surface area contributed by atoms with Gasteiger partial charge in [-0.2, -0.15) is 13.2 Å². The number of benzene rings is 3. The number of fused-ring (bicyclic) bond motifs is 1. The van der Waals surface area contributed by atoms with Crippen LogP contribution in [0.4, 0.5) is 27.6 Å². The van der Waals surface area contributed by atoms with E-state index in [0.29, 0.717) is 12.1 Å². The van der Waals surface area contributed by atoms with Gasteiger partial charge in [-0.3, -0.25) is 9.59 Å². The van der Waals surface area contributed by atoms with E-state index in [9.17, 15) is 41.8 Å². The smallest absolute Gasteiger partial charge is 0.387 e. The van der Waals surface area contributed by atoms with Gasteiger partial charge in [-0.1, -0.05) is 11.6 Å². The maximum Gasteiger partial charge on any atom is 0.416 e. The molecule has 1 aliphatic rings. The Kier molecular flexibility index (Phi) is 6.98. The molecule has 4 N–H and O–H groups in total. The second-order valence-electron chi connectivity index (χ2n) is 9.34. The summed E-state index contributed by atoms with van der Waals surface area (Å²) in [6.45, 7) is 2.59. The van der Waals surface area contributed by atoms with E-state index in [1.165, 1.54) is 32.0 Å². The summed E-state index contributed by atoms with van der Waals surface area (Å²) < 4.78 is 67.6. The van der Waals surface area contributed by atoms with Gasteiger partial charge in [0.15, 0.2) is 0 Å². The van der Waals surface area contributed by atoms with Crippen LogP contribution in [0.1, 0.15) is 69.0 Å². The lowest BCUT2D eigenvalue weighted by atomic mass is 9.89. The van der Waals surface area contributed by atoms with Crippen LogP contribution in [0.3, 0.4) is 0 Å².